The minimum atomic E-state index is -0.558. The van der Waals surface area contributed by atoms with Gasteiger partial charge < -0.3 is 10.0 Å². The Morgan fingerprint density at radius 3 is 3.05 bits per heavy atom. The summed E-state index contributed by atoms with van der Waals surface area (Å²) in [6.07, 6.45) is 3.95. The number of halogens is 1. The molecule has 2 unspecified atom stereocenters. The van der Waals surface area contributed by atoms with Gasteiger partial charge in [0.2, 0.25) is 0 Å². The third-order valence-corrected chi connectivity index (χ3v) is 4.13. The standard InChI is InChI=1S/C16H24FNO/c1-2-13-5-4-9-18(12-13)10-8-16(19)14-6-3-7-15(17)11-14/h3,6-7,11,13,16,19H,2,4-5,8-10,12H2,1H3. The quantitative estimate of drug-likeness (QED) is 0.882. The molecule has 1 aromatic rings. The largest absolute Gasteiger partial charge is 0.388 e. The maximum absolute atomic E-state index is 13.1. The number of likely N-dealkylation sites (tertiary alicyclic amines) is 1. The molecule has 1 fully saturated rings. The van der Waals surface area contributed by atoms with Crippen molar-refractivity contribution in [2.45, 2.75) is 38.7 Å². The fourth-order valence-electron chi connectivity index (χ4n) is 2.87. The third-order valence-electron chi connectivity index (χ3n) is 4.13. The second-order valence-corrected chi connectivity index (χ2v) is 5.58. The first-order valence-electron chi connectivity index (χ1n) is 7.35. The Bertz CT molecular complexity index is 396. The first kappa shape index (κ1) is 14.5. The van der Waals surface area contributed by atoms with Gasteiger partial charge in [-0.05, 0) is 49.4 Å². The highest BCUT2D eigenvalue weighted by Gasteiger charge is 2.19. The van der Waals surface area contributed by atoms with E-state index in [-0.39, 0.29) is 5.82 Å². The van der Waals surface area contributed by atoms with Crippen LogP contribution in [0.1, 0.15) is 44.3 Å². The summed E-state index contributed by atoms with van der Waals surface area (Å²) in [6.45, 7) is 5.42. The summed E-state index contributed by atoms with van der Waals surface area (Å²) in [5.41, 5.74) is 0.684. The first-order valence-corrected chi connectivity index (χ1v) is 7.35. The molecule has 0 saturated carbocycles. The van der Waals surface area contributed by atoms with E-state index < -0.39 is 6.10 Å². The molecule has 106 valence electrons. The first-order chi connectivity index (χ1) is 9.19. The van der Waals surface area contributed by atoms with E-state index in [1.54, 1.807) is 12.1 Å². The van der Waals surface area contributed by atoms with Gasteiger partial charge in [-0.25, -0.2) is 4.39 Å². The predicted molar refractivity (Wildman–Crippen MR) is 75.4 cm³/mol. The van der Waals surface area contributed by atoms with Crippen LogP contribution in [-0.4, -0.2) is 29.6 Å². The lowest BCUT2D eigenvalue weighted by Gasteiger charge is -2.32. The van der Waals surface area contributed by atoms with Gasteiger partial charge in [0, 0.05) is 13.1 Å². The summed E-state index contributed by atoms with van der Waals surface area (Å²) < 4.78 is 13.1. The van der Waals surface area contributed by atoms with Crippen LogP contribution in [0.2, 0.25) is 0 Å². The van der Waals surface area contributed by atoms with Crippen LogP contribution in [0, 0.1) is 11.7 Å². The molecule has 1 N–H and O–H groups in total. The molecule has 2 rings (SSSR count). The van der Waals surface area contributed by atoms with Crippen molar-refractivity contribution in [1.29, 1.82) is 0 Å². The summed E-state index contributed by atoms with van der Waals surface area (Å²) >= 11 is 0. The molecular formula is C16H24FNO. The van der Waals surface area contributed by atoms with Crippen molar-refractivity contribution in [3.05, 3.63) is 35.6 Å². The summed E-state index contributed by atoms with van der Waals surface area (Å²) in [5.74, 6) is 0.528. The molecule has 0 bridgehead atoms. The van der Waals surface area contributed by atoms with Crippen molar-refractivity contribution in [1.82, 2.24) is 4.90 Å². The third kappa shape index (κ3) is 4.29. The van der Waals surface area contributed by atoms with Gasteiger partial charge >= 0.3 is 0 Å². The highest BCUT2D eigenvalue weighted by molar-refractivity contribution is 5.18. The Morgan fingerprint density at radius 1 is 1.47 bits per heavy atom. The van der Waals surface area contributed by atoms with E-state index in [1.807, 2.05) is 0 Å². The highest BCUT2D eigenvalue weighted by atomic mass is 19.1. The zero-order valence-electron chi connectivity index (χ0n) is 11.7. The van der Waals surface area contributed by atoms with Crippen LogP contribution >= 0.6 is 0 Å². The fraction of sp³-hybridized carbons (Fsp3) is 0.625. The Kier molecular flexibility index (Phi) is 5.34. The molecule has 2 atom stereocenters. The summed E-state index contributed by atoms with van der Waals surface area (Å²) in [4.78, 5) is 2.43. The number of nitrogens with zero attached hydrogens (tertiary/aromatic N) is 1. The molecule has 1 aliphatic heterocycles. The zero-order chi connectivity index (χ0) is 13.7. The zero-order valence-corrected chi connectivity index (χ0v) is 11.7. The van der Waals surface area contributed by atoms with Gasteiger partial charge in [-0.15, -0.1) is 0 Å². The SMILES string of the molecule is CCC1CCCN(CCC(O)c2cccc(F)c2)C1. The van der Waals surface area contributed by atoms with Gasteiger partial charge in [0.05, 0.1) is 6.10 Å². The maximum atomic E-state index is 13.1. The van der Waals surface area contributed by atoms with Crippen LogP contribution in [0.15, 0.2) is 24.3 Å². The number of piperidine rings is 1. The normalized spacial score (nSPS) is 22.4. The highest BCUT2D eigenvalue weighted by Crippen LogP contribution is 2.22. The van der Waals surface area contributed by atoms with Gasteiger partial charge in [-0.2, -0.15) is 0 Å². The van der Waals surface area contributed by atoms with Crippen LogP contribution in [0.3, 0.4) is 0 Å². The Labute approximate surface area is 115 Å². The van der Waals surface area contributed by atoms with E-state index in [0.717, 1.165) is 25.6 Å². The molecule has 0 amide bonds. The second kappa shape index (κ2) is 7.01. The van der Waals surface area contributed by atoms with Gasteiger partial charge in [-0.1, -0.05) is 25.5 Å². The van der Waals surface area contributed by atoms with Crippen molar-refractivity contribution < 1.29 is 9.50 Å². The van der Waals surface area contributed by atoms with Gasteiger partial charge in [0.1, 0.15) is 5.82 Å². The minimum absolute atomic E-state index is 0.277. The van der Waals surface area contributed by atoms with Gasteiger partial charge in [0.25, 0.3) is 0 Å². The van der Waals surface area contributed by atoms with Crippen LogP contribution in [0.4, 0.5) is 4.39 Å². The average Bonchev–Trinajstić information content (AvgIpc) is 2.45. The van der Waals surface area contributed by atoms with E-state index >= 15 is 0 Å². The fourth-order valence-corrected chi connectivity index (χ4v) is 2.87. The Morgan fingerprint density at radius 2 is 2.32 bits per heavy atom. The van der Waals surface area contributed by atoms with Crippen LogP contribution in [0.5, 0.6) is 0 Å². The van der Waals surface area contributed by atoms with E-state index in [9.17, 15) is 9.50 Å². The van der Waals surface area contributed by atoms with Gasteiger partial charge in [0.15, 0.2) is 0 Å². The van der Waals surface area contributed by atoms with Crippen molar-refractivity contribution in [3.63, 3.8) is 0 Å². The number of benzene rings is 1. The molecule has 0 aliphatic carbocycles. The summed E-state index contributed by atoms with van der Waals surface area (Å²) in [7, 11) is 0. The minimum Gasteiger partial charge on any atom is -0.388 e. The van der Waals surface area contributed by atoms with Crippen molar-refractivity contribution in [2.75, 3.05) is 19.6 Å². The molecule has 1 saturated heterocycles. The second-order valence-electron chi connectivity index (χ2n) is 5.58. The van der Waals surface area contributed by atoms with Crippen LogP contribution in [-0.2, 0) is 0 Å². The lowest BCUT2D eigenvalue weighted by molar-refractivity contribution is 0.117. The van der Waals surface area contributed by atoms with E-state index in [2.05, 4.69) is 11.8 Å². The number of hydrogen-bond acceptors (Lipinski definition) is 2. The van der Waals surface area contributed by atoms with E-state index in [4.69, 9.17) is 0 Å². The molecule has 1 aromatic carbocycles. The molecule has 19 heavy (non-hydrogen) atoms. The summed E-state index contributed by atoms with van der Waals surface area (Å²) in [5, 5.41) is 10.1. The molecule has 0 aromatic heterocycles. The Hall–Kier alpha value is -0.930. The van der Waals surface area contributed by atoms with E-state index in [0.29, 0.717) is 12.0 Å². The smallest absolute Gasteiger partial charge is 0.123 e. The number of aliphatic hydroxyl groups is 1. The molecule has 0 radical (unpaired) electrons. The van der Waals surface area contributed by atoms with Crippen LogP contribution < -0.4 is 0 Å². The number of aliphatic hydroxyl groups excluding tert-OH is 1. The Balaban J connectivity index is 1.81. The molecule has 2 nitrogen and oxygen atoms in total. The summed E-state index contributed by atoms with van der Waals surface area (Å²) in [6, 6.07) is 6.28. The molecule has 1 aliphatic rings. The monoisotopic (exact) mass is 265 g/mol. The molecule has 0 spiro atoms. The van der Waals surface area contributed by atoms with Crippen molar-refractivity contribution in [2.24, 2.45) is 5.92 Å². The lowest BCUT2D eigenvalue weighted by atomic mass is 9.95. The maximum Gasteiger partial charge on any atom is 0.123 e. The molecule has 1 heterocycles. The predicted octanol–water partition coefficient (Wildman–Crippen LogP) is 3.37. The van der Waals surface area contributed by atoms with Crippen LogP contribution in [0.25, 0.3) is 0 Å². The molecule has 3 heteroatoms. The average molecular weight is 265 g/mol. The lowest BCUT2D eigenvalue weighted by Crippen LogP contribution is -2.36. The molecular weight excluding hydrogens is 241 g/mol. The van der Waals surface area contributed by atoms with E-state index in [1.165, 1.54) is 31.4 Å². The number of rotatable bonds is 5. The number of hydrogen-bond donors (Lipinski definition) is 1. The van der Waals surface area contributed by atoms with Crippen molar-refractivity contribution in [3.8, 4) is 0 Å². The van der Waals surface area contributed by atoms with Gasteiger partial charge in [-0.3, -0.25) is 0 Å². The van der Waals surface area contributed by atoms with Crippen molar-refractivity contribution >= 4 is 0 Å². The topological polar surface area (TPSA) is 23.5 Å².